The van der Waals surface area contributed by atoms with Crippen molar-refractivity contribution < 1.29 is 4.74 Å². The van der Waals surface area contributed by atoms with Crippen LogP contribution >= 0.6 is 47.8 Å². The van der Waals surface area contributed by atoms with Gasteiger partial charge in [0.15, 0.2) is 0 Å². The Morgan fingerprint density at radius 1 is 1.00 bits per heavy atom. The van der Waals surface area contributed by atoms with Crippen molar-refractivity contribution in [1.29, 1.82) is 0 Å². The quantitative estimate of drug-likeness (QED) is 0.584. The molecular formula is C16H16Br3NO. The van der Waals surface area contributed by atoms with E-state index in [-0.39, 0.29) is 6.04 Å². The van der Waals surface area contributed by atoms with Crippen LogP contribution in [0.2, 0.25) is 0 Å². The molecule has 0 saturated heterocycles. The van der Waals surface area contributed by atoms with Gasteiger partial charge >= 0.3 is 0 Å². The Hall–Kier alpha value is -0.360. The fraction of sp³-hybridized carbons (Fsp3) is 0.250. The van der Waals surface area contributed by atoms with Gasteiger partial charge in [-0.1, -0.05) is 12.1 Å². The van der Waals surface area contributed by atoms with Crippen LogP contribution in [-0.2, 0) is 6.54 Å². The molecule has 2 nitrogen and oxygen atoms in total. The topological polar surface area (TPSA) is 21.3 Å². The van der Waals surface area contributed by atoms with E-state index in [1.54, 1.807) is 7.11 Å². The van der Waals surface area contributed by atoms with Gasteiger partial charge in [0.25, 0.3) is 0 Å². The van der Waals surface area contributed by atoms with Gasteiger partial charge in [0.05, 0.1) is 11.6 Å². The van der Waals surface area contributed by atoms with E-state index in [4.69, 9.17) is 4.74 Å². The maximum Gasteiger partial charge on any atom is 0.133 e. The smallest absolute Gasteiger partial charge is 0.133 e. The molecule has 1 unspecified atom stereocenters. The third-order valence-electron chi connectivity index (χ3n) is 3.27. The Labute approximate surface area is 150 Å². The number of nitrogens with one attached hydrogen (secondary N) is 1. The Bertz CT molecular complexity index is 631. The maximum absolute atomic E-state index is 5.26. The number of ether oxygens (including phenoxy) is 1. The normalized spacial score (nSPS) is 12.2. The predicted octanol–water partition coefficient (Wildman–Crippen LogP) is 5.83. The molecular weight excluding hydrogens is 462 g/mol. The van der Waals surface area contributed by atoms with E-state index >= 15 is 0 Å². The van der Waals surface area contributed by atoms with Crippen LogP contribution in [0.1, 0.15) is 24.1 Å². The van der Waals surface area contributed by atoms with Crippen LogP contribution < -0.4 is 10.1 Å². The van der Waals surface area contributed by atoms with Gasteiger partial charge in [-0.05, 0) is 90.1 Å². The van der Waals surface area contributed by atoms with Crippen LogP contribution in [0.15, 0.2) is 49.8 Å². The molecule has 112 valence electrons. The molecule has 0 aliphatic rings. The lowest BCUT2D eigenvalue weighted by atomic mass is 10.1. The molecule has 1 atom stereocenters. The molecule has 0 spiro atoms. The molecule has 2 aromatic rings. The number of methoxy groups -OCH3 is 1. The maximum atomic E-state index is 5.26. The number of rotatable bonds is 5. The zero-order valence-electron chi connectivity index (χ0n) is 11.8. The zero-order valence-corrected chi connectivity index (χ0v) is 16.5. The first-order chi connectivity index (χ1) is 10.0. The standard InChI is InChI=1S/C16H16Br3NO/c1-10(12-4-6-16(21-2)15(19)8-12)20-9-11-3-5-13(17)14(18)7-11/h3-8,10,20H,9H2,1-2H3. The highest BCUT2D eigenvalue weighted by Gasteiger charge is 2.08. The molecule has 0 fully saturated rings. The third kappa shape index (κ3) is 4.55. The summed E-state index contributed by atoms with van der Waals surface area (Å²) >= 11 is 10.5. The van der Waals surface area contributed by atoms with E-state index in [0.717, 1.165) is 25.7 Å². The minimum Gasteiger partial charge on any atom is -0.496 e. The van der Waals surface area contributed by atoms with Crippen molar-refractivity contribution in [3.05, 3.63) is 60.9 Å². The van der Waals surface area contributed by atoms with Crippen molar-refractivity contribution >= 4 is 47.8 Å². The van der Waals surface area contributed by atoms with Gasteiger partial charge in [-0.15, -0.1) is 0 Å². The monoisotopic (exact) mass is 475 g/mol. The lowest BCUT2D eigenvalue weighted by Crippen LogP contribution is -2.18. The van der Waals surface area contributed by atoms with E-state index in [2.05, 4.69) is 90.4 Å². The summed E-state index contributed by atoms with van der Waals surface area (Å²) in [5.74, 6) is 0.850. The summed E-state index contributed by atoms with van der Waals surface area (Å²) in [6.07, 6.45) is 0. The first kappa shape index (κ1) is 17.0. The van der Waals surface area contributed by atoms with Crippen molar-refractivity contribution in [3.63, 3.8) is 0 Å². The first-order valence-corrected chi connectivity index (χ1v) is 8.90. The molecule has 0 heterocycles. The van der Waals surface area contributed by atoms with Gasteiger partial charge in [-0.25, -0.2) is 0 Å². The van der Waals surface area contributed by atoms with Gasteiger partial charge in [0.1, 0.15) is 5.75 Å². The van der Waals surface area contributed by atoms with Gasteiger partial charge < -0.3 is 10.1 Å². The van der Waals surface area contributed by atoms with Crippen molar-refractivity contribution in [2.75, 3.05) is 7.11 Å². The van der Waals surface area contributed by atoms with E-state index < -0.39 is 0 Å². The minimum atomic E-state index is 0.259. The molecule has 2 rings (SSSR count). The summed E-state index contributed by atoms with van der Waals surface area (Å²) in [6, 6.07) is 12.7. The highest BCUT2D eigenvalue weighted by atomic mass is 79.9. The number of hydrogen-bond donors (Lipinski definition) is 1. The van der Waals surface area contributed by atoms with Crippen molar-refractivity contribution in [3.8, 4) is 5.75 Å². The third-order valence-corrected chi connectivity index (χ3v) is 5.77. The van der Waals surface area contributed by atoms with Crippen molar-refractivity contribution in [2.45, 2.75) is 19.5 Å². The van der Waals surface area contributed by atoms with Crippen molar-refractivity contribution in [2.24, 2.45) is 0 Å². The molecule has 0 aliphatic carbocycles. The molecule has 0 aliphatic heterocycles. The Morgan fingerprint density at radius 3 is 2.38 bits per heavy atom. The van der Waals surface area contributed by atoms with E-state index in [0.29, 0.717) is 0 Å². The van der Waals surface area contributed by atoms with Gasteiger partial charge in [0.2, 0.25) is 0 Å². The number of benzene rings is 2. The lowest BCUT2D eigenvalue weighted by molar-refractivity contribution is 0.411. The van der Waals surface area contributed by atoms with E-state index in [1.807, 2.05) is 6.07 Å². The fourth-order valence-electron chi connectivity index (χ4n) is 1.99. The Morgan fingerprint density at radius 2 is 1.76 bits per heavy atom. The molecule has 1 N–H and O–H groups in total. The second-order valence-electron chi connectivity index (χ2n) is 4.75. The molecule has 0 bridgehead atoms. The molecule has 0 aromatic heterocycles. The summed E-state index contributed by atoms with van der Waals surface area (Å²) in [5.41, 5.74) is 2.46. The zero-order chi connectivity index (χ0) is 15.4. The van der Waals surface area contributed by atoms with Crippen LogP contribution in [0.4, 0.5) is 0 Å². The summed E-state index contributed by atoms with van der Waals surface area (Å²) in [5, 5.41) is 3.53. The largest absolute Gasteiger partial charge is 0.496 e. The van der Waals surface area contributed by atoms with E-state index in [9.17, 15) is 0 Å². The Kier molecular flexibility index (Phi) is 6.29. The minimum absolute atomic E-state index is 0.259. The fourth-order valence-corrected chi connectivity index (χ4v) is 3.22. The number of hydrogen-bond acceptors (Lipinski definition) is 2. The molecule has 0 amide bonds. The average Bonchev–Trinajstić information content (AvgIpc) is 2.48. The van der Waals surface area contributed by atoms with Gasteiger partial charge in [-0.3, -0.25) is 0 Å². The lowest BCUT2D eigenvalue weighted by Gasteiger charge is -2.16. The van der Waals surface area contributed by atoms with Crippen LogP contribution in [-0.4, -0.2) is 7.11 Å². The summed E-state index contributed by atoms with van der Waals surface area (Å²) in [7, 11) is 1.67. The summed E-state index contributed by atoms with van der Waals surface area (Å²) in [6.45, 7) is 2.97. The highest BCUT2D eigenvalue weighted by molar-refractivity contribution is 9.13. The van der Waals surface area contributed by atoms with Crippen LogP contribution in [0.5, 0.6) is 5.75 Å². The van der Waals surface area contributed by atoms with Gasteiger partial charge in [-0.2, -0.15) is 0 Å². The summed E-state index contributed by atoms with van der Waals surface area (Å²) in [4.78, 5) is 0. The van der Waals surface area contributed by atoms with Crippen LogP contribution in [0, 0.1) is 0 Å². The first-order valence-electron chi connectivity index (χ1n) is 6.52. The highest BCUT2D eigenvalue weighted by Crippen LogP contribution is 2.28. The molecule has 5 heteroatoms. The van der Waals surface area contributed by atoms with Crippen LogP contribution in [0.3, 0.4) is 0 Å². The summed E-state index contributed by atoms with van der Waals surface area (Å²) < 4.78 is 8.37. The molecule has 0 saturated carbocycles. The second-order valence-corrected chi connectivity index (χ2v) is 7.31. The SMILES string of the molecule is COc1ccc(C(C)NCc2ccc(Br)c(Br)c2)cc1Br. The van der Waals surface area contributed by atoms with Crippen molar-refractivity contribution in [1.82, 2.24) is 5.32 Å². The van der Waals surface area contributed by atoms with E-state index in [1.165, 1.54) is 11.1 Å². The van der Waals surface area contributed by atoms with Gasteiger partial charge in [0, 0.05) is 21.5 Å². The molecule has 21 heavy (non-hydrogen) atoms. The predicted molar refractivity (Wildman–Crippen MR) is 97.8 cm³/mol. The number of halogens is 3. The molecule has 2 aromatic carbocycles. The van der Waals surface area contributed by atoms with Crippen LogP contribution in [0.25, 0.3) is 0 Å². The Balaban J connectivity index is 2.02. The molecule has 0 radical (unpaired) electrons. The second kappa shape index (κ2) is 7.77. The average molecular weight is 478 g/mol.